The second kappa shape index (κ2) is 9.08. The van der Waals surface area contributed by atoms with E-state index in [0.29, 0.717) is 5.65 Å². The lowest BCUT2D eigenvalue weighted by atomic mass is 10.1. The monoisotopic (exact) mass is 460 g/mol. The minimum absolute atomic E-state index is 0.646. The normalized spacial score (nSPS) is 11.5. The second-order valence-corrected chi connectivity index (χ2v) is 8.48. The molecular formula is C27H24N8. The molecule has 0 fully saturated rings. The third-order valence-electron chi connectivity index (χ3n) is 6.03. The minimum atomic E-state index is 0.646. The molecule has 172 valence electrons. The smallest absolute Gasteiger partial charge is 0.181 e. The molecule has 0 aliphatic carbocycles. The predicted molar refractivity (Wildman–Crippen MR) is 137 cm³/mol. The highest BCUT2D eigenvalue weighted by atomic mass is 15.2. The Hall–Kier alpha value is -4.43. The molecule has 6 rings (SSSR count). The van der Waals surface area contributed by atoms with Gasteiger partial charge in [-0.2, -0.15) is 5.10 Å². The van der Waals surface area contributed by atoms with Crippen molar-refractivity contribution >= 4 is 22.1 Å². The molecule has 8 heteroatoms. The van der Waals surface area contributed by atoms with E-state index in [-0.39, 0.29) is 0 Å². The van der Waals surface area contributed by atoms with E-state index in [1.807, 2.05) is 42.9 Å². The summed E-state index contributed by atoms with van der Waals surface area (Å²) in [6, 6.07) is 14.4. The molecule has 0 unspecified atom stereocenters. The lowest BCUT2D eigenvalue weighted by molar-refractivity contribution is 0.674. The van der Waals surface area contributed by atoms with Crippen LogP contribution in [0.15, 0.2) is 73.4 Å². The van der Waals surface area contributed by atoms with Gasteiger partial charge in [-0.15, -0.1) is 0 Å². The fourth-order valence-electron chi connectivity index (χ4n) is 4.30. The number of imidazole rings is 1. The molecule has 0 atom stereocenters. The molecule has 0 amide bonds. The average molecular weight is 461 g/mol. The summed E-state index contributed by atoms with van der Waals surface area (Å²) in [6.07, 6.45) is 10.3. The van der Waals surface area contributed by atoms with Crippen LogP contribution in [-0.4, -0.2) is 41.7 Å². The molecule has 0 saturated heterocycles. The Labute approximate surface area is 201 Å². The Balaban J connectivity index is 1.40. The van der Waals surface area contributed by atoms with Crippen LogP contribution in [0.5, 0.6) is 0 Å². The molecule has 5 heterocycles. The number of fused-ring (bicyclic) bond motifs is 2. The zero-order chi connectivity index (χ0) is 23.6. The van der Waals surface area contributed by atoms with E-state index in [1.54, 1.807) is 12.4 Å². The van der Waals surface area contributed by atoms with Gasteiger partial charge in [-0.1, -0.05) is 19.1 Å². The van der Waals surface area contributed by atoms with E-state index < -0.39 is 0 Å². The summed E-state index contributed by atoms with van der Waals surface area (Å²) in [5, 5.41) is 11.9. The van der Waals surface area contributed by atoms with Crippen LogP contribution >= 0.6 is 0 Å². The van der Waals surface area contributed by atoms with Gasteiger partial charge in [0, 0.05) is 54.2 Å². The molecule has 0 aliphatic rings. The zero-order valence-electron chi connectivity index (χ0n) is 19.3. The summed E-state index contributed by atoms with van der Waals surface area (Å²) in [4.78, 5) is 21.6. The van der Waals surface area contributed by atoms with E-state index in [9.17, 15) is 0 Å². The van der Waals surface area contributed by atoms with Gasteiger partial charge in [0.25, 0.3) is 0 Å². The first-order chi connectivity index (χ1) is 17.3. The molecule has 1 aromatic carbocycles. The van der Waals surface area contributed by atoms with Crippen molar-refractivity contribution in [1.82, 2.24) is 40.4 Å². The topological polar surface area (TPSA) is 108 Å². The van der Waals surface area contributed by atoms with Gasteiger partial charge >= 0.3 is 0 Å². The van der Waals surface area contributed by atoms with Gasteiger partial charge in [-0.25, -0.2) is 9.97 Å². The van der Waals surface area contributed by atoms with Gasteiger partial charge in [-0.05, 0) is 54.4 Å². The van der Waals surface area contributed by atoms with Crippen LogP contribution in [0.4, 0.5) is 0 Å². The molecule has 6 aromatic rings. The van der Waals surface area contributed by atoms with Crippen LogP contribution in [0.1, 0.15) is 18.9 Å². The molecule has 8 nitrogen and oxygen atoms in total. The summed E-state index contributed by atoms with van der Waals surface area (Å²) < 4.78 is 0. The fraction of sp³-hybridized carbons (Fsp3) is 0.148. The largest absolute Gasteiger partial charge is 0.337 e. The number of pyridine rings is 3. The molecule has 3 N–H and O–H groups in total. The summed E-state index contributed by atoms with van der Waals surface area (Å²) in [6.45, 7) is 3.93. The van der Waals surface area contributed by atoms with E-state index >= 15 is 0 Å². The predicted octanol–water partition coefficient (Wildman–Crippen LogP) is 5.12. The number of nitrogens with zero attached hydrogens (tertiary/aromatic N) is 5. The van der Waals surface area contributed by atoms with Crippen molar-refractivity contribution in [3.05, 3.63) is 79.0 Å². The molecule has 5 aromatic heterocycles. The lowest BCUT2D eigenvalue weighted by Crippen LogP contribution is -2.13. The van der Waals surface area contributed by atoms with E-state index in [2.05, 4.69) is 60.6 Å². The maximum atomic E-state index is 4.94. The summed E-state index contributed by atoms with van der Waals surface area (Å²) in [7, 11) is 0. The Kier molecular flexibility index (Phi) is 5.48. The van der Waals surface area contributed by atoms with E-state index in [0.717, 1.165) is 75.3 Å². The first kappa shape index (κ1) is 21.1. The first-order valence-electron chi connectivity index (χ1n) is 11.7. The molecule has 0 saturated carbocycles. The van der Waals surface area contributed by atoms with Crippen LogP contribution < -0.4 is 5.32 Å². The van der Waals surface area contributed by atoms with Crippen LogP contribution in [-0.2, 0) is 6.54 Å². The maximum Gasteiger partial charge on any atom is 0.181 e. The highest BCUT2D eigenvalue weighted by Gasteiger charge is 2.16. The van der Waals surface area contributed by atoms with E-state index in [1.165, 1.54) is 0 Å². The number of aromatic amines is 2. The molecular weight excluding hydrogens is 436 g/mol. The number of hydrogen-bond donors (Lipinski definition) is 3. The number of H-pyrrole nitrogens is 2. The zero-order valence-corrected chi connectivity index (χ0v) is 19.3. The van der Waals surface area contributed by atoms with Crippen molar-refractivity contribution in [2.24, 2.45) is 0 Å². The molecule has 0 aliphatic heterocycles. The standard InChI is InChI=1S/C27H24N8/c1-2-8-29-13-17-11-19(15-30-14-17)20-12-22-25(34-35-26(22)31-16-20)27-32-23-5-3-4-21(24(23)33-27)18-6-9-28-10-7-18/h3-7,9-12,14-16,29H,2,8,13H2,1H3,(H,32,33)(H,31,34,35). The maximum absolute atomic E-state index is 4.94. The molecule has 0 radical (unpaired) electrons. The first-order valence-corrected chi connectivity index (χ1v) is 11.7. The van der Waals surface area contributed by atoms with Gasteiger partial charge in [0.05, 0.1) is 16.4 Å². The second-order valence-electron chi connectivity index (χ2n) is 8.48. The summed E-state index contributed by atoms with van der Waals surface area (Å²) in [5.41, 5.74) is 8.58. The third-order valence-corrected chi connectivity index (χ3v) is 6.03. The molecule has 35 heavy (non-hydrogen) atoms. The van der Waals surface area contributed by atoms with Gasteiger partial charge in [0.15, 0.2) is 11.5 Å². The Morgan fingerprint density at radius 2 is 1.80 bits per heavy atom. The number of nitrogens with one attached hydrogen (secondary N) is 3. The van der Waals surface area contributed by atoms with Gasteiger partial charge in [-0.3, -0.25) is 15.1 Å². The SMILES string of the molecule is CCCNCc1cncc(-c2cnc3n[nH]c(-c4nc5c(-c6ccncc6)cccc5[nH]4)c3c2)c1. The van der Waals surface area contributed by atoms with Crippen LogP contribution in [0.3, 0.4) is 0 Å². The lowest BCUT2D eigenvalue weighted by Gasteiger charge is -2.06. The Morgan fingerprint density at radius 1 is 0.914 bits per heavy atom. The van der Waals surface area contributed by atoms with Crippen molar-refractivity contribution < 1.29 is 0 Å². The average Bonchev–Trinajstić information content (AvgIpc) is 3.53. The fourth-order valence-corrected chi connectivity index (χ4v) is 4.30. The highest BCUT2D eigenvalue weighted by Crippen LogP contribution is 2.32. The van der Waals surface area contributed by atoms with Crippen molar-refractivity contribution in [1.29, 1.82) is 0 Å². The summed E-state index contributed by atoms with van der Waals surface area (Å²) >= 11 is 0. The number of benzene rings is 1. The number of para-hydroxylation sites is 1. The minimum Gasteiger partial charge on any atom is -0.337 e. The van der Waals surface area contributed by atoms with Crippen molar-refractivity contribution in [2.45, 2.75) is 19.9 Å². The van der Waals surface area contributed by atoms with Crippen molar-refractivity contribution in [3.63, 3.8) is 0 Å². The van der Waals surface area contributed by atoms with Crippen molar-refractivity contribution in [3.8, 4) is 33.8 Å². The van der Waals surface area contributed by atoms with Crippen LogP contribution in [0, 0.1) is 0 Å². The van der Waals surface area contributed by atoms with Crippen LogP contribution in [0.25, 0.3) is 55.8 Å². The Bertz CT molecular complexity index is 1620. The number of hydrogen-bond acceptors (Lipinski definition) is 6. The van der Waals surface area contributed by atoms with Gasteiger partial charge < -0.3 is 10.3 Å². The highest BCUT2D eigenvalue weighted by molar-refractivity contribution is 5.97. The van der Waals surface area contributed by atoms with Crippen LogP contribution in [0.2, 0.25) is 0 Å². The number of aromatic nitrogens is 7. The quantitative estimate of drug-likeness (QED) is 0.285. The van der Waals surface area contributed by atoms with Crippen molar-refractivity contribution in [2.75, 3.05) is 6.54 Å². The van der Waals surface area contributed by atoms with Gasteiger partial charge in [0.2, 0.25) is 0 Å². The molecule has 0 spiro atoms. The molecule has 0 bridgehead atoms. The van der Waals surface area contributed by atoms with Gasteiger partial charge in [0.1, 0.15) is 5.69 Å². The Morgan fingerprint density at radius 3 is 2.69 bits per heavy atom. The summed E-state index contributed by atoms with van der Waals surface area (Å²) in [5.74, 6) is 0.721. The number of rotatable bonds is 7. The third kappa shape index (κ3) is 4.04. The van der Waals surface area contributed by atoms with E-state index in [4.69, 9.17) is 4.98 Å².